The number of nitrogens with one attached hydrogen (secondary N) is 2. The van der Waals surface area contributed by atoms with Crippen molar-refractivity contribution in [3.8, 4) is 0 Å². The molecular weight excluding hydrogens is 629 g/mol. The van der Waals surface area contributed by atoms with Crippen LogP contribution in [-0.2, 0) is 33.1 Å². The number of rotatable bonds is 12. The van der Waals surface area contributed by atoms with Crippen LogP contribution in [0, 0.1) is 0 Å². The summed E-state index contributed by atoms with van der Waals surface area (Å²) in [5, 5.41) is 5.65. The van der Waals surface area contributed by atoms with Crippen molar-refractivity contribution in [2.24, 2.45) is 0 Å². The number of anilines is 1. The van der Waals surface area contributed by atoms with Gasteiger partial charge in [-0.2, -0.15) is 0 Å². The molecule has 2 saturated heterocycles. The quantitative estimate of drug-likeness (QED) is 0.252. The molecule has 0 spiro atoms. The summed E-state index contributed by atoms with van der Waals surface area (Å²) in [5.74, 6) is 0.318. The number of fused-ring (bicyclic) bond motifs is 1. The number of carbonyl (C=O) groups is 5. The van der Waals surface area contributed by atoms with E-state index in [0.29, 0.717) is 38.2 Å². The average molecular weight is 677 g/mol. The molecule has 2 aromatic rings. The lowest BCUT2D eigenvalue weighted by Crippen LogP contribution is -2.51. The van der Waals surface area contributed by atoms with Gasteiger partial charge in [-0.15, -0.1) is 0 Å². The van der Waals surface area contributed by atoms with Crippen LogP contribution in [0.15, 0.2) is 42.5 Å². The van der Waals surface area contributed by atoms with Crippen molar-refractivity contribution in [3.05, 3.63) is 64.7 Å². The smallest absolute Gasteiger partial charge is 0.321 e. The largest absolute Gasteiger partial charge is 0.357 e. The first-order valence-corrected chi connectivity index (χ1v) is 18.0. The number of aldehydes is 1. The van der Waals surface area contributed by atoms with E-state index in [1.807, 2.05) is 42.3 Å². The van der Waals surface area contributed by atoms with Crippen LogP contribution in [0.3, 0.4) is 0 Å². The predicted octanol–water partition coefficient (Wildman–Crippen LogP) is 4.46. The van der Waals surface area contributed by atoms with Gasteiger partial charge in [0.15, 0.2) is 0 Å². The zero-order chi connectivity index (χ0) is 34.3. The fourth-order valence-electron chi connectivity index (χ4n) is 6.86. The average Bonchev–Trinajstić information content (AvgIpc) is 3.43. The van der Waals surface area contributed by atoms with Gasteiger partial charge in [0.05, 0.1) is 0 Å². The van der Waals surface area contributed by atoms with Crippen molar-refractivity contribution in [1.29, 1.82) is 0 Å². The van der Waals surface area contributed by atoms with Crippen molar-refractivity contribution >= 4 is 47.7 Å². The second kappa shape index (κ2) is 16.0. The van der Waals surface area contributed by atoms with Crippen LogP contribution in [0.25, 0.3) is 0 Å². The summed E-state index contributed by atoms with van der Waals surface area (Å²) >= 11 is 1.86. The molecule has 5 amide bonds. The molecule has 2 fully saturated rings. The number of hydrogen-bond donors (Lipinski definition) is 2. The molecule has 0 bridgehead atoms. The normalized spacial score (nSPS) is 18.3. The molecule has 258 valence electrons. The number of carbonyl (C=O) groups excluding carboxylic acids is 5. The lowest BCUT2D eigenvalue weighted by atomic mass is 9.93. The minimum Gasteiger partial charge on any atom is -0.357 e. The highest BCUT2D eigenvalue weighted by atomic mass is 32.2. The van der Waals surface area contributed by atoms with Crippen molar-refractivity contribution in [1.82, 2.24) is 24.3 Å². The van der Waals surface area contributed by atoms with Crippen LogP contribution < -0.4 is 10.6 Å². The van der Waals surface area contributed by atoms with Gasteiger partial charge >= 0.3 is 6.03 Å². The van der Waals surface area contributed by atoms with E-state index in [1.54, 1.807) is 15.9 Å². The third-order valence-corrected chi connectivity index (χ3v) is 11.2. The van der Waals surface area contributed by atoms with Crippen LogP contribution in [0.4, 0.5) is 10.5 Å². The van der Waals surface area contributed by atoms with Gasteiger partial charge in [0.25, 0.3) is 5.91 Å². The molecule has 2 N–H and O–H groups in total. The van der Waals surface area contributed by atoms with Crippen LogP contribution in [-0.4, -0.2) is 100 Å². The first-order chi connectivity index (χ1) is 23.1. The fraction of sp³-hybridized carbons (Fsp3) is 0.528. The summed E-state index contributed by atoms with van der Waals surface area (Å²) in [6.07, 6.45) is 5.64. The number of benzene rings is 2. The summed E-state index contributed by atoms with van der Waals surface area (Å²) in [4.78, 5) is 68.1. The molecule has 1 unspecified atom stereocenters. The highest BCUT2D eigenvalue weighted by molar-refractivity contribution is 7.96. The molecule has 0 saturated carbocycles. The van der Waals surface area contributed by atoms with Gasteiger partial charge in [0, 0.05) is 81.7 Å². The molecule has 12 heteroatoms. The lowest BCUT2D eigenvalue weighted by molar-refractivity contribution is -0.132. The first-order valence-electron chi connectivity index (χ1n) is 17.0. The van der Waals surface area contributed by atoms with E-state index < -0.39 is 6.04 Å². The van der Waals surface area contributed by atoms with Crippen LogP contribution in [0.1, 0.15) is 79.4 Å². The van der Waals surface area contributed by atoms with Gasteiger partial charge < -0.3 is 30.1 Å². The Hall–Kier alpha value is -3.90. The molecule has 0 aliphatic carbocycles. The zero-order valence-electron chi connectivity index (χ0n) is 28.3. The molecule has 3 heterocycles. The molecule has 5 rings (SSSR count). The van der Waals surface area contributed by atoms with E-state index in [-0.39, 0.29) is 55.1 Å². The van der Waals surface area contributed by atoms with Gasteiger partial charge in [-0.05, 0) is 74.4 Å². The molecular formula is C36H48N6O5S. The van der Waals surface area contributed by atoms with Crippen molar-refractivity contribution in [3.63, 3.8) is 0 Å². The second-order valence-electron chi connectivity index (χ2n) is 13.4. The third-order valence-electron chi connectivity index (χ3n) is 9.74. The highest BCUT2D eigenvalue weighted by Crippen LogP contribution is 2.35. The van der Waals surface area contributed by atoms with Gasteiger partial charge in [-0.1, -0.05) is 42.6 Å². The van der Waals surface area contributed by atoms with Crippen LogP contribution in [0.5, 0.6) is 0 Å². The number of piperazine rings is 1. The standard InChI is InChI=1S/C36H48N6O5S/c1-36(2)16-4-5-17-42(36)48-25-26-9-6-11-28(23-26)38-35(47)40-20-18-39(19-21-40)32(44)15-14-27-10-7-12-29-30(27)24-41(34(29)46)31(13-8-22-43)33(45)37-3/h6-7,9-12,22-23,31H,4-5,8,13-21,24-25H2,1-3H3,(H,37,45)(H,38,47). The first kappa shape index (κ1) is 35.4. The maximum Gasteiger partial charge on any atom is 0.321 e. The van der Waals surface area contributed by atoms with Crippen molar-refractivity contribution in [2.45, 2.75) is 82.7 Å². The number of nitrogens with zero attached hydrogens (tertiary/aromatic N) is 4. The minimum absolute atomic E-state index is 0.00476. The number of likely N-dealkylation sites (N-methyl/N-ethyl adjacent to an activating group) is 1. The van der Waals surface area contributed by atoms with E-state index in [4.69, 9.17) is 0 Å². The molecule has 1 atom stereocenters. The Morgan fingerprint density at radius 3 is 2.48 bits per heavy atom. The second-order valence-corrected chi connectivity index (χ2v) is 14.4. The summed E-state index contributed by atoms with van der Waals surface area (Å²) in [6.45, 7) is 7.78. The monoisotopic (exact) mass is 676 g/mol. The zero-order valence-corrected chi connectivity index (χ0v) is 29.2. The molecule has 2 aromatic carbocycles. The predicted molar refractivity (Wildman–Crippen MR) is 187 cm³/mol. The van der Waals surface area contributed by atoms with E-state index in [0.717, 1.165) is 35.4 Å². The van der Waals surface area contributed by atoms with Gasteiger partial charge in [-0.3, -0.25) is 14.4 Å². The minimum atomic E-state index is -0.733. The molecule has 48 heavy (non-hydrogen) atoms. The summed E-state index contributed by atoms with van der Waals surface area (Å²) in [6, 6.07) is 12.6. The third kappa shape index (κ3) is 8.38. The SMILES string of the molecule is CNC(=O)C(CCC=O)N1Cc2c(CCC(=O)N3CCN(C(=O)Nc4cccc(CSN5CCCCC5(C)C)c4)CC3)cccc2C1=O. The van der Waals surface area contributed by atoms with Gasteiger partial charge in [0.1, 0.15) is 12.3 Å². The number of hydrogen-bond acceptors (Lipinski definition) is 7. The Morgan fingerprint density at radius 1 is 1.00 bits per heavy atom. The van der Waals surface area contributed by atoms with Crippen LogP contribution in [0.2, 0.25) is 0 Å². The molecule has 0 aromatic heterocycles. The van der Waals surface area contributed by atoms with Crippen molar-refractivity contribution in [2.75, 3.05) is 45.1 Å². The summed E-state index contributed by atoms with van der Waals surface area (Å²) in [7, 11) is 1.52. The molecule has 3 aliphatic heterocycles. The van der Waals surface area contributed by atoms with Crippen molar-refractivity contribution < 1.29 is 24.0 Å². The number of aryl methyl sites for hydroxylation is 1. The fourth-order valence-corrected chi connectivity index (χ4v) is 8.04. The Kier molecular flexibility index (Phi) is 11.8. The maximum absolute atomic E-state index is 13.2. The number of amides is 5. The molecule has 11 nitrogen and oxygen atoms in total. The van der Waals surface area contributed by atoms with Crippen LogP contribution >= 0.6 is 11.9 Å². The summed E-state index contributed by atoms with van der Waals surface area (Å²) in [5.41, 5.74) is 4.40. The highest BCUT2D eigenvalue weighted by Gasteiger charge is 2.37. The Labute approximate surface area is 287 Å². The summed E-state index contributed by atoms with van der Waals surface area (Å²) < 4.78 is 2.49. The van der Waals surface area contributed by atoms with E-state index in [1.165, 1.54) is 36.8 Å². The topological polar surface area (TPSA) is 122 Å². The van der Waals surface area contributed by atoms with E-state index in [2.05, 4.69) is 34.9 Å². The Morgan fingerprint density at radius 2 is 1.75 bits per heavy atom. The lowest BCUT2D eigenvalue weighted by Gasteiger charge is -2.41. The number of urea groups is 1. The Balaban J connectivity index is 1.09. The Bertz CT molecular complexity index is 1510. The maximum atomic E-state index is 13.2. The van der Waals surface area contributed by atoms with E-state index in [9.17, 15) is 24.0 Å². The molecule has 0 radical (unpaired) electrons. The van der Waals surface area contributed by atoms with Gasteiger partial charge in [0.2, 0.25) is 11.8 Å². The van der Waals surface area contributed by atoms with E-state index >= 15 is 0 Å². The molecule has 3 aliphatic rings. The van der Waals surface area contributed by atoms with Gasteiger partial charge in [-0.25, -0.2) is 9.10 Å². The number of piperidine rings is 1.